The molecule has 0 atom stereocenters. The Labute approximate surface area is 158 Å². The Kier molecular flexibility index (Phi) is 4.36. The fraction of sp³-hybridized carbons (Fsp3) is 0.190. The second-order valence-electron chi connectivity index (χ2n) is 6.59. The van der Waals surface area contributed by atoms with Gasteiger partial charge in [-0.1, -0.05) is 42.5 Å². The van der Waals surface area contributed by atoms with Crippen LogP contribution in [0.3, 0.4) is 0 Å². The highest BCUT2D eigenvalue weighted by molar-refractivity contribution is 7.90. The lowest BCUT2D eigenvalue weighted by atomic mass is 10.0. The van der Waals surface area contributed by atoms with Gasteiger partial charge in [0, 0.05) is 11.9 Å². The van der Waals surface area contributed by atoms with Gasteiger partial charge in [-0.25, -0.2) is 12.4 Å². The van der Waals surface area contributed by atoms with Crippen molar-refractivity contribution in [1.29, 1.82) is 0 Å². The molecule has 6 heteroatoms. The summed E-state index contributed by atoms with van der Waals surface area (Å²) in [6.07, 6.45) is 2.65. The second kappa shape index (κ2) is 6.70. The highest BCUT2D eigenvalue weighted by Crippen LogP contribution is 2.34. The highest BCUT2D eigenvalue weighted by Gasteiger charge is 2.32. The SMILES string of the molecule is C=CCCN1Cc2c(c3ccccc3n2S(=O)(=O)c2ccccc2)CC1=O. The van der Waals surface area contributed by atoms with Gasteiger partial charge in [0.1, 0.15) is 0 Å². The Morgan fingerprint density at radius 1 is 1.04 bits per heavy atom. The number of carbonyl (C=O) groups is 1. The van der Waals surface area contributed by atoms with E-state index in [1.807, 2.05) is 18.2 Å². The van der Waals surface area contributed by atoms with Crippen molar-refractivity contribution in [3.8, 4) is 0 Å². The van der Waals surface area contributed by atoms with Crippen LogP contribution in [0, 0.1) is 0 Å². The zero-order valence-corrected chi connectivity index (χ0v) is 15.7. The monoisotopic (exact) mass is 380 g/mol. The molecule has 0 unspecified atom stereocenters. The summed E-state index contributed by atoms with van der Waals surface area (Å²) in [5.74, 6) is 0.0179. The van der Waals surface area contributed by atoms with Crippen LogP contribution in [-0.4, -0.2) is 29.7 Å². The number of aromatic nitrogens is 1. The quantitative estimate of drug-likeness (QED) is 0.638. The van der Waals surface area contributed by atoms with Crippen LogP contribution >= 0.6 is 0 Å². The topological polar surface area (TPSA) is 59.4 Å². The van der Waals surface area contributed by atoms with Gasteiger partial charge in [0.05, 0.1) is 29.1 Å². The lowest BCUT2D eigenvalue weighted by Crippen LogP contribution is -2.38. The van der Waals surface area contributed by atoms with Crippen LogP contribution in [0.25, 0.3) is 10.9 Å². The molecule has 27 heavy (non-hydrogen) atoms. The van der Waals surface area contributed by atoms with E-state index < -0.39 is 10.0 Å². The molecule has 0 saturated carbocycles. The van der Waals surface area contributed by atoms with E-state index in [4.69, 9.17) is 0 Å². The third kappa shape index (κ3) is 2.86. The molecule has 0 aliphatic carbocycles. The van der Waals surface area contributed by atoms with E-state index in [0.29, 0.717) is 24.2 Å². The van der Waals surface area contributed by atoms with E-state index in [0.717, 1.165) is 10.9 Å². The maximum absolute atomic E-state index is 13.4. The highest BCUT2D eigenvalue weighted by atomic mass is 32.2. The van der Waals surface area contributed by atoms with Gasteiger partial charge in [-0.2, -0.15) is 0 Å². The predicted octanol–water partition coefficient (Wildman–Crippen LogP) is 3.34. The van der Waals surface area contributed by atoms with E-state index in [9.17, 15) is 13.2 Å². The van der Waals surface area contributed by atoms with Crippen LogP contribution in [-0.2, 0) is 27.8 Å². The molecule has 1 amide bonds. The van der Waals surface area contributed by atoms with Gasteiger partial charge in [0.15, 0.2) is 0 Å². The van der Waals surface area contributed by atoms with Crippen molar-refractivity contribution in [3.05, 3.63) is 78.5 Å². The third-order valence-electron chi connectivity index (χ3n) is 4.95. The maximum Gasteiger partial charge on any atom is 0.268 e. The van der Waals surface area contributed by atoms with Gasteiger partial charge in [-0.3, -0.25) is 4.79 Å². The van der Waals surface area contributed by atoms with Crippen LogP contribution in [0.4, 0.5) is 0 Å². The molecule has 2 aromatic carbocycles. The first kappa shape index (κ1) is 17.5. The number of nitrogens with zero attached hydrogens (tertiary/aromatic N) is 2. The molecule has 0 spiro atoms. The number of hydrogen-bond donors (Lipinski definition) is 0. The zero-order chi connectivity index (χ0) is 19.0. The summed E-state index contributed by atoms with van der Waals surface area (Å²) in [5, 5.41) is 0.823. The summed E-state index contributed by atoms with van der Waals surface area (Å²) in [6.45, 7) is 4.52. The Morgan fingerprint density at radius 2 is 1.74 bits per heavy atom. The average molecular weight is 380 g/mol. The predicted molar refractivity (Wildman–Crippen MR) is 105 cm³/mol. The van der Waals surface area contributed by atoms with E-state index in [1.165, 1.54) is 3.97 Å². The van der Waals surface area contributed by atoms with Crippen LogP contribution in [0.2, 0.25) is 0 Å². The fourth-order valence-corrected chi connectivity index (χ4v) is 5.23. The van der Waals surface area contributed by atoms with Crippen molar-refractivity contribution in [1.82, 2.24) is 8.87 Å². The number of rotatable bonds is 5. The number of para-hydroxylation sites is 1. The van der Waals surface area contributed by atoms with Crippen LogP contribution < -0.4 is 0 Å². The van der Waals surface area contributed by atoms with Crippen LogP contribution in [0.15, 0.2) is 72.1 Å². The Balaban J connectivity index is 1.95. The van der Waals surface area contributed by atoms with Crippen molar-refractivity contribution in [2.24, 2.45) is 0 Å². The summed E-state index contributed by atoms with van der Waals surface area (Å²) < 4.78 is 28.3. The lowest BCUT2D eigenvalue weighted by Gasteiger charge is -2.28. The first-order valence-corrected chi connectivity index (χ1v) is 10.3. The van der Waals surface area contributed by atoms with Crippen molar-refractivity contribution < 1.29 is 13.2 Å². The number of fused-ring (bicyclic) bond motifs is 3. The third-order valence-corrected chi connectivity index (χ3v) is 6.71. The van der Waals surface area contributed by atoms with Gasteiger partial charge < -0.3 is 4.90 Å². The molecule has 0 N–H and O–H groups in total. The number of hydrogen-bond acceptors (Lipinski definition) is 3. The molecule has 138 valence electrons. The van der Waals surface area contributed by atoms with Crippen LogP contribution in [0.1, 0.15) is 17.7 Å². The van der Waals surface area contributed by atoms with Gasteiger partial charge in [-0.15, -0.1) is 6.58 Å². The Morgan fingerprint density at radius 3 is 2.48 bits per heavy atom. The molecule has 2 heterocycles. The molecular formula is C21H20N2O3S. The number of benzene rings is 2. The standard InChI is InChI=1S/C21H20N2O3S/c1-2-3-13-22-15-20-18(14-21(22)24)17-11-7-8-12-19(17)23(20)27(25,26)16-9-5-4-6-10-16/h2,4-12H,1,3,13-15H2. The number of amides is 1. The first-order valence-electron chi connectivity index (χ1n) is 8.84. The molecule has 0 saturated heterocycles. The molecule has 3 aromatic rings. The molecule has 0 bridgehead atoms. The fourth-order valence-electron chi connectivity index (χ4n) is 3.64. The maximum atomic E-state index is 13.4. The second-order valence-corrected chi connectivity index (χ2v) is 8.38. The van der Waals surface area contributed by atoms with Gasteiger partial charge >= 0.3 is 0 Å². The summed E-state index contributed by atoms with van der Waals surface area (Å²) in [6, 6.07) is 15.8. The van der Waals surface area contributed by atoms with Crippen molar-refractivity contribution >= 4 is 26.8 Å². The minimum absolute atomic E-state index is 0.0179. The normalized spacial score (nSPS) is 14.4. The Bertz CT molecular complexity index is 1130. The van der Waals surface area contributed by atoms with Crippen LogP contribution in [0.5, 0.6) is 0 Å². The molecule has 5 nitrogen and oxygen atoms in total. The smallest absolute Gasteiger partial charge is 0.268 e. The molecular weight excluding hydrogens is 360 g/mol. The minimum atomic E-state index is -3.77. The largest absolute Gasteiger partial charge is 0.336 e. The average Bonchev–Trinajstić information content (AvgIpc) is 3.01. The van der Waals surface area contributed by atoms with Crippen molar-refractivity contribution in [3.63, 3.8) is 0 Å². The van der Waals surface area contributed by atoms with Gasteiger partial charge in [0.2, 0.25) is 5.91 Å². The van der Waals surface area contributed by atoms with Crippen molar-refractivity contribution in [2.75, 3.05) is 6.54 Å². The minimum Gasteiger partial charge on any atom is -0.336 e. The number of carbonyl (C=O) groups excluding carboxylic acids is 1. The molecule has 0 fully saturated rings. The first-order chi connectivity index (χ1) is 13.0. The molecule has 4 rings (SSSR count). The van der Waals surface area contributed by atoms with E-state index >= 15 is 0 Å². The Hall–Kier alpha value is -2.86. The van der Waals surface area contributed by atoms with Crippen molar-refractivity contribution in [2.45, 2.75) is 24.3 Å². The summed E-state index contributed by atoms with van der Waals surface area (Å²) in [4.78, 5) is 14.5. The van der Waals surface area contributed by atoms with E-state index in [-0.39, 0.29) is 23.8 Å². The summed E-state index contributed by atoms with van der Waals surface area (Å²) in [7, 11) is -3.77. The molecule has 1 aliphatic rings. The van der Waals surface area contributed by atoms with Gasteiger partial charge in [-0.05, 0) is 30.2 Å². The molecule has 1 aromatic heterocycles. The lowest BCUT2D eigenvalue weighted by molar-refractivity contribution is -0.131. The summed E-state index contributed by atoms with van der Waals surface area (Å²) >= 11 is 0. The van der Waals surface area contributed by atoms with E-state index in [2.05, 4.69) is 6.58 Å². The zero-order valence-electron chi connectivity index (χ0n) is 14.8. The molecule has 1 aliphatic heterocycles. The van der Waals surface area contributed by atoms with E-state index in [1.54, 1.807) is 47.4 Å². The molecule has 0 radical (unpaired) electrons. The summed E-state index contributed by atoms with van der Waals surface area (Å²) in [5.41, 5.74) is 2.10. The van der Waals surface area contributed by atoms with Gasteiger partial charge in [0.25, 0.3) is 10.0 Å².